The van der Waals surface area contributed by atoms with Gasteiger partial charge in [0, 0.05) is 26.2 Å². The molecule has 0 aliphatic carbocycles. The second-order valence-corrected chi connectivity index (χ2v) is 4.58. The maximum atomic E-state index is 11.9. The van der Waals surface area contributed by atoms with E-state index in [0.29, 0.717) is 6.54 Å². The van der Waals surface area contributed by atoms with E-state index in [1.807, 2.05) is 12.1 Å². The zero-order chi connectivity index (χ0) is 11.7. The van der Waals surface area contributed by atoms with Crippen molar-refractivity contribution >= 4 is 17.3 Å². The number of nitrogens with one attached hydrogen (secondary N) is 2. The van der Waals surface area contributed by atoms with Crippen LogP contribution >= 0.6 is 0 Å². The number of rotatable bonds is 1. The van der Waals surface area contributed by atoms with Crippen molar-refractivity contribution in [3.63, 3.8) is 0 Å². The highest BCUT2D eigenvalue weighted by Crippen LogP contribution is 2.32. The average Bonchev–Trinajstić information content (AvgIpc) is 2.81. The van der Waals surface area contributed by atoms with Gasteiger partial charge in [0.1, 0.15) is 0 Å². The molecule has 4 nitrogen and oxygen atoms in total. The van der Waals surface area contributed by atoms with Crippen molar-refractivity contribution in [2.24, 2.45) is 0 Å². The number of carbonyl (C=O) groups is 1. The van der Waals surface area contributed by atoms with Gasteiger partial charge in [0.2, 0.25) is 0 Å². The van der Waals surface area contributed by atoms with Gasteiger partial charge in [-0.3, -0.25) is 4.79 Å². The molecule has 17 heavy (non-hydrogen) atoms. The predicted octanol–water partition coefficient (Wildman–Crippen LogP) is 1.44. The van der Waals surface area contributed by atoms with E-state index in [2.05, 4.69) is 21.6 Å². The van der Waals surface area contributed by atoms with Gasteiger partial charge in [0.05, 0.1) is 16.9 Å². The molecule has 0 atom stereocenters. The van der Waals surface area contributed by atoms with E-state index < -0.39 is 0 Å². The van der Waals surface area contributed by atoms with Crippen LogP contribution in [-0.4, -0.2) is 32.1 Å². The highest BCUT2D eigenvalue weighted by Gasteiger charge is 2.21. The molecule has 2 aliphatic rings. The average molecular weight is 231 g/mol. The first-order valence-electron chi connectivity index (χ1n) is 6.26. The number of fused-ring (bicyclic) bond motifs is 1. The molecular weight excluding hydrogens is 214 g/mol. The topological polar surface area (TPSA) is 44.4 Å². The summed E-state index contributed by atoms with van der Waals surface area (Å²) in [5.41, 5.74) is 2.95. The van der Waals surface area contributed by atoms with Crippen LogP contribution < -0.4 is 15.5 Å². The Kier molecular flexibility index (Phi) is 2.63. The molecule has 0 saturated carbocycles. The highest BCUT2D eigenvalue weighted by atomic mass is 16.1. The molecule has 1 aromatic carbocycles. The summed E-state index contributed by atoms with van der Waals surface area (Å²) in [6, 6.07) is 5.97. The lowest BCUT2D eigenvalue weighted by Gasteiger charge is -2.22. The summed E-state index contributed by atoms with van der Waals surface area (Å²) >= 11 is 0. The third-order valence-corrected chi connectivity index (χ3v) is 3.45. The van der Waals surface area contributed by atoms with E-state index in [9.17, 15) is 4.79 Å². The van der Waals surface area contributed by atoms with Crippen LogP contribution in [0.2, 0.25) is 0 Å². The molecule has 0 spiro atoms. The fourth-order valence-electron chi connectivity index (χ4n) is 2.60. The van der Waals surface area contributed by atoms with E-state index in [1.54, 1.807) is 0 Å². The lowest BCUT2D eigenvalue weighted by atomic mass is 10.1. The standard InChI is InChI=1S/C13H17N3O/c17-13-10-4-3-5-11(16-8-1-2-9-16)12(10)14-6-7-15-13/h3-5,14H,1-2,6-9H2,(H,15,17). The van der Waals surface area contributed by atoms with Crippen molar-refractivity contribution in [3.8, 4) is 0 Å². The second kappa shape index (κ2) is 4.28. The normalized spacial score (nSPS) is 19.3. The Bertz CT molecular complexity index is 438. The first-order valence-corrected chi connectivity index (χ1v) is 6.26. The Balaban J connectivity index is 2.04. The van der Waals surface area contributed by atoms with Gasteiger partial charge in [0.25, 0.3) is 5.91 Å². The number of hydrogen-bond acceptors (Lipinski definition) is 3. The highest BCUT2D eigenvalue weighted by molar-refractivity contribution is 6.03. The molecule has 1 saturated heterocycles. The SMILES string of the molecule is O=C1NCCNc2c1cccc2N1CCCC1. The number of carbonyl (C=O) groups excluding carboxylic acids is 1. The van der Waals surface area contributed by atoms with Crippen LogP contribution in [0.5, 0.6) is 0 Å². The molecule has 1 fully saturated rings. The van der Waals surface area contributed by atoms with E-state index >= 15 is 0 Å². The Morgan fingerprint density at radius 3 is 2.65 bits per heavy atom. The van der Waals surface area contributed by atoms with Crippen LogP contribution in [0.15, 0.2) is 18.2 Å². The van der Waals surface area contributed by atoms with Gasteiger partial charge in [-0.2, -0.15) is 0 Å². The van der Waals surface area contributed by atoms with Crippen LogP contribution in [-0.2, 0) is 0 Å². The number of benzene rings is 1. The molecule has 0 bridgehead atoms. The van der Waals surface area contributed by atoms with Crippen molar-refractivity contribution < 1.29 is 4.79 Å². The summed E-state index contributed by atoms with van der Waals surface area (Å²) in [5, 5.41) is 6.27. The molecule has 3 rings (SSSR count). The first-order chi connectivity index (χ1) is 8.36. The zero-order valence-corrected chi connectivity index (χ0v) is 9.83. The Morgan fingerprint density at radius 1 is 1.06 bits per heavy atom. The van der Waals surface area contributed by atoms with Gasteiger partial charge >= 0.3 is 0 Å². The number of hydrogen-bond donors (Lipinski definition) is 2. The quantitative estimate of drug-likeness (QED) is 0.768. The van der Waals surface area contributed by atoms with Crippen LogP contribution in [0.1, 0.15) is 23.2 Å². The van der Waals surface area contributed by atoms with Crippen molar-refractivity contribution in [1.82, 2.24) is 5.32 Å². The lowest BCUT2D eigenvalue weighted by molar-refractivity contribution is 0.0958. The Labute approximate surface area is 101 Å². The van der Waals surface area contributed by atoms with E-state index in [0.717, 1.165) is 30.9 Å². The molecule has 4 heteroatoms. The predicted molar refractivity (Wildman–Crippen MR) is 68.7 cm³/mol. The van der Waals surface area contributed by atoms with Crippen molar-refractivity contribution in [3.05, 3.63) is 23.8 Å². The smallest absolute Gasteiger partial charge is 0.253 e. The Hall–Kier alpha value is -1.71. The van der Waals surface area contributed by atoms with Crippen molar-refractivity contribution in [1.29, 1.82) is 0 Å². The third kappa shape index (κ3) is 1.84. The number of para-hydroxylation sites is 1. The lowest BCUT2D eigenvalue weighted by Crippen LogP contribution is -2.24. The minimum absolute atomic E-state index is 0.0334. The molecule has 2 aliphatic heterocycles. The third-order valence-electron chi connectivity index (χ3n) is 3.45. The van der Waals surface area contributed by atoms with Gasteiger partial charge in [-0.15, -0.1) is 0 Å². The van der Waals surface area contributed by atoms with Crippen LogP contribution in [0, 0.1) is 0 Å². The van der Waals surface area contributed by atoms with E-state index in [-0.39, 0.29) is 5.91 Å². The van der Waals surface area contributed by atoms with Gasteiger partial charge in [-0.1, -0.05) is 6.07 Å². The van der Waals surface area contributed by atoms with Crippen LogP contribution in [0.4, 0.5) is 11.4 Å². The number of anilines is 2. The van der Waals surface area contributed by atoms with Crippen molar-refractivity contribution in [2.75, 3.05) is 36.4 Å². The Morgan fingerprint density at radius 2 is 1.82 bits per heavy atom. The summed E-state index contributed by atoms with van der Waals surface area (Å²) < 4.78 is 0. The van der Waals surface area contributed by atoms with Gasteiger partial charge in [0.15, 0.2) is 0 Å². The second-order valence-electron chi connectivity index (χ2n) is 4.58. The zero-order valence-electron chi connectivity index (χ0n) is 9.83. The van der Waals surface area contributed by atoms with Crippen LogP contribution in [0.3, 0.4) is 0 Å². The fourth-order valence-corrected chi connectivity index (χ4v) is 2.60. The molecule has 90 valence electrons. The number of amides is 1. The maximum absolute atomic E-state index is 11.9. The van der Waals surface area contributed by atoms with Gasteiger partial charge in [-0.05, 0) is 25.0 Å². The summed E-state index contributed by atoms with van der Waals surface area (Å²) in [4.78, 5) is 14.3. The monoisotopic (exact) mass is 231 g/mol. The largest absolute Gasteiger partial charge is 0.381 e. The molecule has 1 amide bonds. The summed E-state index contributed by atoms with van der Waals surface area (Å²) in [7, 11) is 0. The summed E-state index contributed by atoms with van der Waals surface area (Å²) in [6.45, 7) is 3.68. The minimum atomic E-state index is 0.0334. The fraction of sp³-hybridized carbons (Fsp3) is 0.462. The maximum Gasteiger partial charge on any atom is 0.253 e. The molecule has 0 radical (unpaired) electrons. The summed E-state index contributed by atoms with van der Waals surface area (Å²) in [5.74, 6) is 0.0334. The molecule has 0 unspecified atom stereocenters. The van der Waals surface area contributed by atoms with E-state index in [4.69, 9.17) is 0 Å². The molecular formula is C13H17N3O. The minimum Gasteiger partial charge on any atom is -0.381 e. The molecule has 2 N–H and O–H groups in total. The van der Waals surface area contributed by atoms with Crippen LogP contribution in [0.25, 0.3) is 0 Å². The first kappa shape index (κ1) is 10.4. The number of nitrogens with zero attached hydrogens (tertiary/aromatic N) is 1. The molecule has 0 aromatic heterocycles. The molecule has 2 heterocycles. The summed E-state index contributed by atoms with van der Waals surface area (Å²) in [6.07, 6.45) is 2.49. The molecule has 1 aromatic rings. The van der Waals surface area contributed by atoms with Crippen molar-refractivity contribution in [2.45, 2.75) is 12.8 Å². The van der Waals surface area contributed by atoms with Gasteiger partial charge < -0.3 is 15.5 Å². The van der Waals surface area contributed by atoms with E-state index in [1.165, 1.54) is 18.5 Å². The van der Waals surface area contributed by atoms with Gasteiger partial charge in [-0.25, -0.2) is 0 Å².